The zero-order valence-corrected chi connectivity index (χ0v) is 20.8. The van der Waals surface area contributed by atoms with Gasteiger partial charge in [-0.15, -0.1) is 0 Å². The molecule has 0 fully saturated rings. The Morgan fingerprint density at radius 2 is 1.63 bits per heavy atom. The first-order valence-corrected chi connectivity index (χ1v) is 12.8. The highest BCUT2D eigenvalue weighted by atomic mass is 32.2. The Morgan fingerprint density at radius 3 is 2.23 bits per heavy atom. The number of para-hydroxylation sites is 1. The van der Waals surface area contributed by atoms with E-state index in [1.807, 2.05) is 36.4 Å². The Labute approximate surface area is 205 Å². The van der Waals surface area contributed by atoms with E-state index in [4.69, 9.17) is 0 Å². The molecular weight excluding hydrogens is 470 g/mol. The van der Waals surface area contributed by atoms with Gasteiger partial charge in [0.25, 0.3) is 10.1 Å². The van der Waals surface area contributed by atoms with Gasteiger partial charge < -0.3 is 20.4 Å². The molecule has 2 atom stereocenters. The second-order valence-corrected chi connectivity index (χ2v) is 10.1. The van der Waals surface area contributed by atoms with Crippen LogP contribution in [-0.4, -0.2) is 63.4 Å². The van der Waals surface area contributed by atoms with E-state index in [-0.39, 0.29) is 19.5 Å². The second kappa shape index (κ2) is 11.5. The Bertz CT molecular complexity index is 1230. The largest absolute Gasteiger partial charge is 0.392 e. The van der Waals surface area contributed by atoms with Crippen molar-refractivity contribution in [2.24, 2.45) is 0 Å². The lowest BCUT2D eigenvalue weighted by Gasteiger charge is -2.26. The molecule has 10 nitrogen and oxygen atoms in total. The first-order chi connectivity index (χ1) is 16.5. The molecule has 3 rings (SSSR count). The van der Waals surface area contributed by atoms with E-state index >= 15 is 0 Å². The maximum atomic E-state index is 11.4. The molecule has 0 aliphatic rings. The van der Waals surface area contributed by atoms with Crippen molar-refractivity contribution in [1.82, 2.24) is 15.0 Å². The van der Waals surface area contributed by atoms with Crippen LogP contribution in [0.5, 0.6) is 0 Å². The molecule has 0 saturated carbocycles. The van der Waals surface area contributed by atoms with Crippen LogP contribution < -0.4 is 10.2 Å². The quantitative estimate of drug-likeness (QED) is 0.289. The molecule has 11 heteroatoms. The number of nitrogens with zero attached hydrogens (tertiary/aromatic N) is 4. The molecule has 0 radical (unpaired) electrons. The summed E-state index contributed by atoms with van der Waals surface area (Å²) in [5.41, 5.74) is 2.77. The molecule has 35 heavy (non-hydrogen) atoms. The molecule has 0 spiro atoms. The van der Waals surface area contributed by atoms with E-state index < -0.39 is 28.1 Å². The molecule has 3 aromatic rings. The highest BCUT2D eigenvalue weighted by Crippen LogP contribution is 2.20. The fraction of sp³-hybridized carbons (Fsp3) is 0.375. The third kappa shape index (κ3) is 8.55. The van der Waals surface area contributed by atoms with Crippen molar-refractivity contribution in [3.05, 3.63) is 71.0 Å². The van der Waals surface area contributed by atoms with Crippen molar-refractivity contribution >= 4 is 27.7 Å². The summed E-state index contributed by atoms with van der Waals surface area (Å²) in [5, 5.41) is 23.1. The second-order valence-electron chi connectivity index (χ2n) is 8.63. The van der Waals surface area contributed by atoms with Crippen LogP contribution in [0.1, 0.15) is 36.4 Å². The Hall–Kier alpha value is -3.12. The standard InChI is InChI=1S/C24H31N5O5S/c1-16-9-10-19(11-20(16)15-35(32,33)34)12-22-26-23(25-21-7-5-4-6-8-21)28-24(27-22)29(13-17(2)30)14-18(3)31/h4-11,17-18,30-31H,12-15H2,1-3H3,(H,32,33,34)(H,25,26,27,28). The molecule has 188 valence electrons. The van der Waals surface area contributed by atoms with Crippen molar-refractivity contribution in [3.8, 4) is 0 Å². The summed E-state index contributed by atoms with van der Waals surface area (Å²) in [6.07, 6.45) is -1.09. The van der Waals surface area contributed by atoms with Gasteiger partial charge in [0.2, 0.25) is 11.9 Å². The monoisotopic (exact) mass is 501 g/mol. The SMILES string of the molecule is Cc1ccc(Cc2nc(Nc3ccccc3)nc(N(CC(C)O)CC(C)O)n2)cc1CS(=O)(=O)O. The van der Waals surface area contributed by atoms with E-state index in [1.54, 1.807) is 37.8 Å². The Kier molecular flexibility index (Phi) is 8.73. The Balaban J connectivity index is 2.00. The smallest absolute Gasteiger partial charge is 0.269 e. The predicted octanol–water partition coefficient (Wildman–Crippen LogP) is 2.47. The maximum absolute atomic E-state index is 11.4. The number of aliphatic hydroxyl groups excluding tert-OH is 2. The summed E-state index contributed by atoms with van der Waals surface area (Å²) < 4.78 is 32.1. The van der Waals surface area contributed by atoms with Gasteiger partial charge in [-0.25, -0.2) is 0 Å². The van der Waals surface area contributed by atoms with Gasteiger partial charge in [0.05, 0.1) is 12.2 Å². The van der Waals surface area contributed by atoms with Crippen LogP contribution >= 0.6 is 0 Å². The van der Waals surface area contributed by atoms with E-state index in [0.717, 1.165) is 16.8 Å². The van der Waals surface area contributed by atoms with Crippen molar-refractivity contribution in [2.45, 2.75) is 45.2 Å². The molecule has 2 aromatic carbocycles. The zero-order valence-electron chi connectivity index (χ0n) is 20.0. The highest BCUT2D eigenvalue weighted by molar-refractivity contribution is 7.85. The molecular formula is C24H31N5O5S. The van der Waals surface area contributed by atoms with Crippen molar-refractivity contribution < 1.29 is 23.2 Å². The molecule has 0 aliphatic heterocycles. The molecule has 2 unspecified atom stereocenters. The predicted molar refractivity (Wildman–Crippen MR) is 134 cm³/mol. The maximum Gasteiger partial charge on any atom is 0.269 e. The van der Waals surface area contributed by atoms with Crippen molar-refractivity contribution in [1.29, 1.82) is 0 Å². The lowest BCUT2D eigenvalue weighted by atomic mass is 10.0. The van der Waals surface area contributed by atoms with Gasteiger partial charge >= 0.3 is 0 Å². The van der Waals surface area contributed by atoms with Gasteiger partial charge in [0, 0.05) is 25.2 Å². The fourth-order valence-electron chi connectivity index (χ4n) is 3.58. The van der Waals surface area contributed by atoms with Gasteiger partial charge in [0.1, 0.15) is 11.6 Å². The Morgan fingerprint density at radius 1 is 0.971 bits per heavy atom. The minimum atomic E-state index is -4.18. The van der Waals surface area contributed by atoms with E-state index in [2.05, 4.69) is 20.3 Å². The normalized spacial score (nSPS) is 13.3. The van der Waals surface area contributed by atoms with Gasteiger partial charge in [-0.1, -0.05) is 36.4 Å². The van der Waals surface area contributed by atoms with Gasteiger partial charge in [-0.05, 0) is 49.6 Å². The first kappa shape index (κ1) is 26.5. The molecule has 0 bridgehead atoms. The van der Waals surface area contributed by atoms with E-state index in [9.17, 15) is 23.2 Å². The minimum Gasteiger partial charge on any atom is -0.392 e. The average molecular weight is 502 g/mol. The van der Waals surface area contributed by atoms with Crippen LogP contribution in [0, 0.1) is 6.92 Å². The number of aryl methyl sites for hydroxylation is 1. The highest BCUT2D eigenvalue weighted by Gasteiger charge is 2.18. The molecule has 1 aromatic heterocycles. The third-order valence-electron chi connectivity index (χ3n) is 5.07. The number of aromatic nitrogens is 3. The number of nitrogens with one attached hydrogen (secondary N) is 1. The fourth-order valence-corrected chi connectivity index (χ4v) is 4.28. The number of hydrogen-bond donors (Lipinski definition) is 4. The zero-order chi connectivity index (χ0) is 25.6. The van der Waals surface area contributed by atoms with Crippen LogP contribution in [-0.2, 0) is 22.3 Å². The molecule has 0 aliphatic carbocycles. The lowest BCUT2D eigenvalue weighted by Crippen LogP contribution is -2.38. The van der Waals surface area contributed by atoms with Gasteiger partial charge in [-0.3, -0.25) is 4.55 Å². The third-order valence-corrected chi connectivity index (χ3v) is 5.74. The molecule has 4 N–H and O–H groups in total. The summed E-state index contributed by atoms with van der Waals surface area (Å²) in [5.74, 6) is 0.520. The molecule has 0 saturated heterocycles. The van der Waals surface area contributed by atoms with Crippen LogP contribution in [0.15, 0.2) is 48.5 Å². The summed E-state index contributed by atoms with van der Waals surface area (Å²) >= 11 is 0. The number of rotatable bonds is 11. The number of anilines is 3. The van der Waals surface area contributed by atoms with Crippen LogP contribution in [0.3, 0.4) is 0 Å². The number of aliphatic hydroxyl groups is 2. The molecule has 1 heterocycles. The summed E-state index contributed by atoms with van der Waals surface area (Å²) in [4.78, 5) is 15.3. The van der Waals surface area contributed by atoms with Crippen molar-refractivity contribution in [2.75, 3.05) is 23.3 Å². The summed E-state index contributed by atoms with van der Waals surface area (Å²) in [7, 11) is -4.18. The lowest BCUT2D eigenvalue weighted by molar-refractivity contribution is 0.177. The summed E-state index contributed by atoms with van der Waals surface area (Å²) in [6, 6.07) is 14.7. The summed E-state index contributed by atoms with van der Waals surface area (Å²) in [6.45, 7) is 5.48. The first-order valence-electron chi connectivity index (χ1n) is 11.2. The van der Waals surface area contributed by atoms with Crippen LogP contribution in [0.4, 0.5) is 17.6 Å². The number of benzene rings is 2. The van der Waals surface area contributed by atoms with Gasteiger partial charge in [-0.2, -0.15) is 23.4 Å². The minimum absolute atomic E-state index is 0.210. The topological polar surface area (TPSA) is 149 Å². The van der Waals surface area contributed by atoms with Crippen LogP contribution in [0.25, 0.3) is 0 Å². The van der Waals surface area contributed by atoms with E-state index in [1.165, 1.54) is 0 Å². The van der Waals surface area contributed by atoms with Crippen LogP contribution in [0.2, 0.25) is 0 Å². The van der Waals surface area contributed by atoms with E-state index in [0.29, 0.717) is 23.3 Å². The molecule has 0 amide bonds. The average Bonchev–Trinajstić information content (AvgIpc) is 2.74. The number of hydrogen-bond acceptors (Lipinski definition) is 9. The van der Waals surface area contributed by atoms with Gasteiger partial charge in [0.15, 0.2) is 0 Å². The van der Waals surface area contributed by atoms with Crippen molar-refractivity contribution in [3.63, 3.8) is 0 Å².